The number of hydrogen-bond donors (Lipinski definition) is 3. The molecule has 39 heavy (non-hydrogen) atoms. The maximum absolute atomic E-state index is 13.3. The second kappa shape index (κ2) is 10.8. The number of amides is 1. The summed E-state index contributed by atoms with van der Waals surface area (Å²) in [6.45, 7) is 5.45. The van der Waals surface area contributed by atoms with Crippen LogP contribution in [-0.2, 0) is 34.1 Å². The average Bonchev–Trinajstić information content (AvgIpc) is 2.92. The van der Waals surface area contributed by atoms with Gasteiger partial charge in [-0.2, -0.15) is 0 Å². The molecule has 0 fully saturated rings. The van der Waals surface area contributed by atoms with Gasteiger partial charge in [-0.3, -0.25) is 4.79 Å². The van der Waals surface area contributed by atoms with E-state index in [1.807, 2.05) is 25.1 Å². The lowest BCUT2D eigenvalue weighted by molar-refractivity contribution is -0.121. The number of aryl methyl sites for hydroxylation is 2. The number of aliphatic hydroxyl groups excluding tert-OH is 1. The standard InChI is InChI=1S/C31H36N2O5S/c1-4-20-12-15-23(16-13-20)39(36,37)33-29-25-18-21(14-17-27(25)38-31(2,3)30(29)35)19-28(34)32-26-11-7-9-22-8-5-6-10-24(22)26/h5-6,8,10,12-18,26,29-30,33,35H,4,7,9,11,19H2,1-3H3,(H,32,34). The molecule has 8 heteroatoms. The lowest BCUT2D eigenvalue weighted by Crippen LogP contribution is -2.53. The molecule has 1 heterocycles. The van der Waals surface area contributed by atoms with E-state index in [-0.39, 0.29) is 23.3 Å². The van der Waals surface area contributed by atoms with Gasteiger partial charge in [-0.1, -0.05) is 49.4 Å². The van der Waals surface area contributed by atoms with Gasteiger partial charge in [-0.05, 0) is 86.1 Å². The molecule has 5 rings (SSSR count). The van der Waals surface area contributed by atoms with Crippen molar-refractivity contribution in [2.24, 2.45) is 0 Å². The quantitative estimate of drug-likeness (QED) is 0.402. The minimum absolute atomic E-state index is 0.0234. The maximum atomic E-state index is 13.3. The number of nitrogens with one attached hydrogen (secondary N) is 2. The zero-order valence-corrected chi connectivity index (χ0v) is 23.4. The van der Waals surface area contributed by atoms with Crippen LogP contribution in [0.1, 0.15) is 73.5 Å². The summed E-state index contributed by atoms with van der Waals surface area (Å²) in [7, 11) is -3.94. The Morgan fingerprint density at radius 2 is 1.74 bits per heavy atom. The molecule has 1 amide bonds. The van der Waals surface area contributed by atoms with Gasteiger partial charge in [0, 0.05) is 5.56 Å². The highest BCUT2D eigenvalue weighted by Gasteiger charge is 2.44. The number of benzene rings is 3. The Bertz CT molecular complexity index is 1470. The summed E-state index contributed by atoms with van der Waals surface area (Å²) in [6, 6.07) is 19.3. The van der Waals surface area contributed by atoms with Gasteiger partial charge >= 0.3 is 0 Å². The molecule has 0 radical (unpaired) electrons. The molecule has 3 atom stereocenters. The van der Waals surface area contributed by atoms with E-state index in [4.69, 9.17) is 4.74 Å². The third-order valence-corrected chi connectivity index (χ3v) is 9.26. The maximum Gasteiger partial charge on any atom is 0.241 e. The first-order valence-electron chi connectivity index (χ1n) is 13.6. The molecule has 3 unspecified atom stereocenters. The van der Waals surface area contributed by atoms with Gasteiger partial charge in [-0.15, -0.1) is 0 Å². The van der Waals surface area contributed by atoms with Gasteiger partial charge in [-0.25, -0.2) is 13.1 Å². The number of hydrogen-bond acceptors (Lipinski definition) is 5. The lowest BCUT2D eigenvalue weighted by Gasteiger charge is -2.42. The van der Waals surface area contributed by atoms with Crippen LogP contribution in [0.25, 0.3) is 0 Å². The summed E-state index contributed by atoms with van der Waals surface area (Å²) >= 11 is 0. The largest absolute Gasteiger partial charge is 0.485 e. The van der Waals surface area contributed by atoms with E-state index in [0.717, 1.165) is 31.2 Å². The van der Waals surface area contributed by atoms with Crippen LogP contribution in [0.2, 0.25) is 0 Å². The Balaban J connectivity index is 1.38. The molecule has 3 N–H and O–H groups in total. The first kappa shape index (κ1) is 27.4. The summed E-state index contributed by atoms with van der Waals surface area (Å²) < 4.78 is 35.4. The van der Waals surface area contributed by atoms with Crippen molar-refractivity contribution in [2.75, 3.05) is 0 Å². The van der Waals surface area contributed by atoms with Crippen molar-refractivity contribution in [3.05, 3.63) is 94.5 Å². The normalized spacial score (nSPS) is 21.8. The summed E-state index contributed by atoms with van der Waals surface area (Å²) in [5.74, 6) is 0.368. The second-order valence-corrected chi connectivity index (χ2v) is 12.7. The molecular weight excluding hydrogens is 512 g/mol. The molecule has 3 aromatic rings. The number of carbonyl (C=O) groups excluding carboxylic acids is 1. The average molecular weight is 549 g/mol. The minimum atomic E-state index is -3.94. The Morgan fingerprint density at radius 1 is 1.03 bits per heavy atom. The van der Waals surface area contributed by atoms with Crippen molar-refractivity contribution in [3.8, 4) is 5.75 Å². The molecule has 0 aromatic heterocycles. The number of aliphatic hydroxyl groups is 1. The van der Waals surface area contributed by atoms with E-state index in [1.54, 1.807) is 50.2 Å². The lowest BCUT2D eigenvalue weighted by atomic mass is 9.86. The number of ether oxygens (including phenoxy) is 1. The van der Waals surface area contributed by atoms with Crippen molar-refractivity contribution >= 4 is 15.9 Å². The fourth-order valence-corrected chi connectivity index (χ4v) is 6.78. The molecule has 0 bridgehead atoms. The van der Waals surface area contributed by atoms with Gasteiger partial charge in [0.15, 0.2) is 0 Å². The van der Waals surface area contributed by atoms with Gasteiger partial charge in [0.05, 0.1) is 23.4 Å². The molecule has 0 saturated heterocycles. The number of carbonyl (C=O) groups is 1. The fourth-order valence-electron chi connectivity index (χ4n) is 5.56. The molecule has 1 aliphatic heterocycles. The molecular formula is C31H36N2O5S. The summed E-state index contributed by atoms with van der Waals surface area (Å²) in [5.41, 5.74) is 3.66. The van der Waals surface area contributed by atoms with E-state index < -0.39 is 27.8 Å². The Morgan fingerprint density at radius 3 is 2.49 bits per heavy atom. The zero-order chi connectivity index (χ0) is 27.8. The van der Waals surface area contributed by atoms with Crippen LogP contribution in [0.3, 0.4) is 0 Å². The minimum Gasteiger partial charge on any atom is -0.485 e. The molecule has 0 spiro atoms. The SMILES string of the molecule is CCc1ccc(S(=O)(=O)NC2c3cc(CC(=O)NC4CCCc5ccccc54)ccc3OC(C)(C)C2O)cc1. The smallest absolute Gasteiger partial charge is 0.241 e. The Kier molecular flexibility index (Phi) is 7.55. The monoisotopic (exact) mass is 548 g/mol. The summed E-state index contributed by atoms with van der Waals surface area (Å²) in [5, 5.41) is 14.4. The van der Waals surface area contributed by atoms with Gasteiger partial charge in [0.25, 0.3) is 0 Å². The van der Waals surface area contributed by atoms with Crippen molar-refractivity contribution in [1.29, 1.82) is 0 Å². The number of sulfonamides is 1. The summed E-state index contributed by atoms with van der Waals surface area (Å²) in [6.07, 6.45) is 2.71. The van der Waals surface area contributed by atoms with Crippen LogP contribution in [0.15, 0.2) is 71.6 Å². The van der Waals surface area contributed by atoms with Crippen molar-refractivity contribution in [3.63, 3.8) is 0 Å². The van der Waals surface area contributed by atoms with Crippen molar-refractivity contribution < 1.29 is 23.1 Å². The van der Waals surface area contributed by atoms with Crippen LogP contribution < -0.4 is 14.8 Å². The Hall–Kier alpha value is -3.20. The van der Waals surface area contributed by atoms with Gasteiger partial charge in [0.2, 0.25) is 15.9 Å². The highest BCUT2D eigenvalue weighted by molar-refractivity contribution is 7.89. The number of fused-ring (bicyclic) bond motifs is 2. The molecule has 3 aromatic carbocycles. The number of rotatable bonds is 7. The van der Waals surface area contributed by atoms with E-state index in [0.29, 0.717) is 16.9 Å². The zero-order valence-electron chi connectivity index (χ0n) is 22.6. The molecule has 2 aliphatic rings. The summed E-state index contributed by atoms with van der Waals surface area (Å²) in [4.78, 5) is 13.2. The Labute approximate surface area is 230 Å². The van der Waals surface area contributed by atoms with E-state index in [2.05, 4.69) is 22.2 Å². The third-order valence-electron chi connectivity index (χ3n) is 7.80. The second-order valence-electron chi connectivity index (χ2n) is 11.0. The highest BCUT2D eigenvalue weighted by atomic mass is 32.2. The van der Waals surface area contributed by atoms with Gasteiger partial charge in [0.1, 0.15) is 17.5 Å². The molecule has 206 valence electrons. The van der Waals surface area contributed by atoms with Crippen LogP contribution >= 0.6 is 0 Å². The van der Waals surface area contributed by atoms with Crippen LogP contribution in [0.4, 0.5) is 0 Å². The van der Waals surface area contributed by atoms with E-state index in [9.17, 15) is 18.3 Å². The van der Waals surface area contributed by atoms with Crippen LogP contribution in [-0.4, -0.2) is 31.1 Å². The van der Waals surface area contributed by atoms with Crippen LogP contribution in [0, 0.1) is 0 Å². The van der Waals surface area contributed by atoms with E-state index >= 15 is 0 Å². The van der Waals surface area contributed by atoms with E-state index in [1.165, 1.54) is 11.1 Å². The fraction of sp³-hybridized carbons (Fsp3) is 0.387. The van der Waals surface area contributed by atoms with Crippen LogP contribution in [0.5, 0.6) is 5.75 Å². The molecule has 7 nitrogen and oxygen atoms in total. The highest BCUT2D eigenvalue weighted by Crippen LogP contribution is 2.41. The topological polar surface area (TPSA) is 105 Å². The molecule has 0 saturated carbocycles. The van der Waals surface area contributed by atoms with Crippen molar-refractivity contribution in [1.82, 2.24) is 10.0 Å². The predicted molar refractivity (Wildman–Crippen MR) is 150 cm³/mol. The first-order chi connectivity index (χ1) is 18.6. The predicted octanol–water partition coefficient (Wildman–Crippen LogP) is 4.54. The van der Waals surface area contributed by atoms with Crippen molar-refractivity contribution in [2.45, 2.75) is 81.6 Å². The first-order valence-corrected chi connectivity index (χ1v) is 15.0. The third kappa shape index (κ3) is 5.73. The van der Waals surface area contributed by atoms with Gasteiger partial charge < -0.3 is 15.2 Å². The molecule has 1 aliphatic carbocycles.